The van der Waals surface area contributed by atoms with E-state index in [0.29, 0.717) is 6.04 Å². The highest BCUT2D eigenvalue weighted by atomic mass is 35.5. The molecule has 0 amide bonds. The van der Waals surface area contributed by atoms with Crippen molar-refractivity contribution in [1.29, 1.82) is 0 Å². The third-order valence-corrected chi connectivity index (χ3v) is 5.07. The lowest BCUT2D eigenvalue weighted by molar-refractivity contribution is 0.157. The molecule has 0 unspecified atom stereocenters. The normalized spacial score (nSPS) is 19.2. The maximum atomic E-state index is 5.56. The Balaban J connectivity index is 0.00000104. The van der Waals surface area contributed by atoms with Gasteiger partial charge in [-0.15, -0.1) is 24.8 Å². The molecule has 0 aromatic heterocycles. The second-order valence-corrected chi connectivity index (χ2v) is 6.47. The van der Waals surface area contributed by atoms with Gasteiger partial charge < -0.3 is 10.1 Å². The highest BCUT2D eigenvalue weighted by Gasteiger charge is 2.37. The number of piperazine rings is 1. The fraction of sp³-hybridized carbons (Fsp3) is 0.474. The number of fused-ring (bicyclic) bond motifs is 1. The van der Waals surface area contributed by atoms with Crippen LogP contribution in [-0.4, -0.2) is 38.2 Å². The minimum Gasteiger partial charge on any atom is -0.496 e. The number of methoxy groups -OCH3 is 1. The van der Waals surface area contributed by atoms with Crippen molar-refractivity contribution in [3.63, 3.8) is 0 Å². The van der Waals surface area contributed by atoms with Crippen molar-refractivity contribution < 1.29 is 4.74 Å². The van der Waals surface area contributed by atoms with Crippen LogP contribution in [0.5, 0.6) is 5.75 Å². The van der Waals surface area contributed by atoms with Crippen molar-refractivity contribution in [1.82, 2.24) is 10.2 Å². The smallest absolute Gasteiger partial charge is 0.126 e. The zero-order chi connectivity index (χ0) is 14.9. The Morgan fingerprint density at radius 3 is 2.29 bits per heavy atom. The van der Waals surface area contributed by atoms with Crippen LogP contribution in [0.25, 0.3) is 10.8 Å². The lowest BCUT2D eigenvalue weighted by Crippen LogP contribution is -2.45. The van der Waals surface area contributed by atoms with Gasteiger partial charge in [0.1, 0.15) is 5.75 Å². The second kappa shape index (κ2) is 8.39. The van der Waals surface area contributed by atoms with Gasteiger partial charge in [0, 0.05) is 37.6 Å². The maximum Gasteiger partial charge on any atom is 0.126 e. The van der Waals surface area contributed by atoms with E-state index >= 15 is 0 Å². The van der Waals surface area contributed by atoms with Crippen molar-refractivity contribution in [2.24, 2.45) is 5.92 Å². The van der Waals surface area contributed by atoms with Gasteiger partial charge in [0.05, 0.1) is 7.11 Å². The van der Waals surface area contributed by atoms with Gasteiger partial charge in [0.2, 0.25) is 0 Å². The van der Waals surface area contributed by atoms with Crippen LogP contribution in [0.1, 0.15) is 24.4 Å². The van der Waals surface area contributed by atoms with Gasteiger partial charge in [0.15, 0.2) is 0 Å². The van der Waals surface area contributed by atoms with Crippen LogP contribution in [0.2, 0.25) is 0 Å². The molecular weight excluding hydrogens is 343 g/mol. The van der Waals surface area contributed by atoms with Gasteiger partial charge in [-0.05, 0) is 35.8 Å². The number of halogens is 2. The Bertz CT molecular complexity index is 669. The molecule has 1 aliphatic carbocycles. The average Bonchev–Trinajstić information content (AvgIpc) is 3.41. The summed E-state index contributed by atoms with van der Waals surface area (Å²) in [6, 6.07) is 13.7. The van der Waals surface area contributed by atoms with Gasteiger partial charge in [0.25, 0.3) is 0 Å². The molecule has 1 saturated heterocycles. The molecule has 3 nitrogen and oxygen atoms in total. The maximum absolute atomic E-state index is 5.56. The van der Waals surface area contributed by atoms with Crippen LogP contribution in [0.15, 0.2) is 36.4 Å². The number of nitrogens with one attached hydrogen (secondary N) is 1. The summed E-state index contributed by atoms with van der Waals surface area (Å²) in [5.74, 6) is 1.81. The van der Waals surface area contributed by atoms with Crippen molar-refractivity contribution in [3.8, 4) is 5.75 Å². The number of hydrogen-bond donors (Lipinski definition) is 1. The summed E-state index contributed by atoms with van der Waals surface area (Å²) in [7, 11) is 1.76. The largest absolute Gasteiger partial charge is 0.496 e. The first kappa shape index (κ1) is 19.3. The molecule has 1 heterocycles. The van der Waals surface area contributed by atoms with Crippen molar-refractivity contribution >= 4 is 35.6 Å². The van der Waals surface area contributed by atoms with Gasteiger partial charge in [-0.25, -0.2) is 0 Å². The van der Waals surface area contributed by atoms with Crippen LogP contribution in [0.4, 0.5) is 0 Å². The molecule has 132 valence electrons. The topological polar surface area (TPSA) is 24.5 Å². The number of hydrogen-bond acceptors (Lipinski definition) is 3. The number of rotatable bonds is 4. The van der Waals surface area contributed by atoms with E-state index in [2.05, 4.69) is 46.6 Å². The van der Waals surface area contributed by atoms with Crippen molar-refractivity contribution in [2.75, 3.05) is 33.3 Å². The molecule has 1 atom stereocenters. The van der Waals surface area contributed by atoms with E-state index in [1.807, 2.05) is 0 Å². The first-order chi connectivity index (χ1) is 10.9. The van der Waals surface area contributed by atoms with Gasteiger partial charge >= 0.3 is 0 Å². The average molecular weight is 369 g/mol. The minimum atomic E-state index is 0. The van der Waals surface area contributed by atoms with Gasteiger partial charge in [-0.2, -0.15) is 0 Å². The standard InChI is InChI=1S/C19H24N2O.2ClH/c1-22-18-9-8-17(15-4-2-3-5-16(15)18)19(14-6-7-14)21-12-10-20-11-13-21;;/h2-5,8-9,14,19-20H,6-7,10-13H2,1H3;2*1H/t19-;;/m0../s1. The van der Waals surface area contributed by atoms with Crippen LogP contribution in [-0.2, 0) is 0 Å². The highest BCUT2D eigenvalue weighted by Crippen LogP contribution is 2.47. The SMILES string of the molecule is COc1ccc([C@H](C2CC2)N2CCNCC2)c2ccccc12.Cl.Cl. The van der Waals surface area contributed by atoms with E-state index in [1.54, 1.807) is 7.11 Å². The molecule has 1 aliphatic heterocycles. The molecule has 1 saturated carbocycles. The highest BCUT2D eigenvalue weighted by molar-refractivity contribution is 5.91. The van der Waals surface area contributed by atoms with E-state index < -0.39 is 0 Å². The molecular formula is C19H26Cl2N2O. The van der Waals surface area contributed by atoms with Crippen LogP contribution < -0.4 is 10.1 Å². The molecule has 5 heteroatoms. The Morgan fingerprint density at radius 1 is 1.00 bits per heavy atom. The Hall–Kier alpha value is -1.000. The molecule has 2 aromatic carbocycles. The molecule has 2 aromatic rings. The molecule has 0 radical (unpaired) electrons. The predicted octanol–water partition coefficient (Wildman–Crippen LogP) is 4.05. The lowest BCUT2D eigenvalue weighted by Gasteiger charge is -2.36. The zero-order valence-electron chi connectivity index (χ0n) is 14.0. The summed E-state index contributed by atoms with van der Waals surface area (Å²) < 4.78 is 5.56. The summed E-state index contributed by atoms with van der Waals surface area (Å²) in [5.41, 5.74) is 1.49. The quantitative estimate of drug-likeness (QED) is 0.880. The molecule has 24 heavy (non-hydrogen) atoms. The fourth-order valence-electron chi connectivity index (χ4n) is 3.85. The third kappa shape index (κ3) is 3.65. The van der Waals surface area contributed by atoms with Crippen LogP contribution >= 0.6 is 24.8 Å². The first-order valence-corrected chi connectivity index (χ1v) is 8.39. The molecule has 0 spiro atoms. The van der Waals surface area contributed by atoms with Crippen molar-refractivity contribution in [2.45, 2.75) is 18.9 Å². The fourth-order valence-corrected chi connectivity index (χ4v) is 3.85. The van der Waals surface area contributed by atoms with Crippen LogP contribution in [0.3, 0.4) is 0 Å². The molecule has 0 bridgehead atoms. The van der Waals surface area contributed by atoms with E-state index in [1.165, 1.54) is 29.2 Å². The predicted molar refractivity (Wildman–Crippen MR) is 105 cm³/mol. The summed E-state index contributed by atoms with van der Waals surface area (Å²) in [6.07, 6.45) is 2.74. The first-order valence-electron chi connectivity index (χ1n) is 8.39. The van der Waals surface area contributed by atoms with E-state index in [4.69, 9.17) is 4.74 Å². The minimum absolute atomic E-state index is 0. The Morgan fingerprint density at radius 2 is 1.67 bits per heavy atom. The van der Waals surface area contributed by atoms with Crippen LogP contribution in [0, 0.1) is 5.92 Å². The van der Waals surface area contributed by atoms with E-state index in [9.17, 15) is 0 Å². The summed E-state index contributed by atoms with van der Waals surface area (Å²) >= 11 is 0. The zero-order valence-corrected chi connectivity index (χ0v) is 15.7. The number of ether oxygens (including phenoxy) is 1. The summed E-state index contributed by atoms with van der Waals surface area (Å²) in [4.78, 5) is 2.68. The molecule has 2 aliphatic rings. The number of nitrogens with zero attached hydrogens (tertiary/aromatic N) is 1. The molecule has 4 rings (SSSR count). The van der Waals surface area contributed by atoms with Crippen molar-refractivity contribution in [3.05, 3.63) is 42.0 Å². The van der Waals surface area contributed by atoms with E-state index in [-0.39, 0.29) is 24.8 Å². The summed E-state index contributed by atoms with van der Waals surface area (Å²) in [6.45, 7) is 4.53. The molecule has 2 fully saturated rings. The second-order valence-electron chi connectivity index (χ2n) is 6.47. The Kier molecular flexibility index (Phi) is 6.76. The van der Waals surface area contributed by atoms with E-state index in [0.717, 1.165) is 37.8 Å². The van der Waals surface area contributed by atoms with Gasteiger partial charge in [-0.3, -0.25) is 4.90 Å². The lowest BCUT2D eigenvalue weighted by atomic mass is 9.93. The number of benzene rings is 2. The Labute approximate surface area is 156 Å². The van der Waals surface area contributed by atoms with Gasteiger partial charge in [-0.1, -0.05) is 30.3 Å². The summed E-state index contributed by atoms with van der Waals surface area (Å²) in [5, 5.41) is 6.07. The molecule has 1 N–H and O–H groups in total. The monoisotopic (exact) mass is 368 g/mol. The third-order valence-electron chi connectivity index (χ3n) is 5.07.